The highest BCUT2D eigenvalue weighted by Gasteiger charge is 2.21. The number of nitrogens with one attached hydrogen (secondary N) is 1. The van der Waals surface area contributed by atoms with Crippen LogP contribution >= 0.6 is 0 Å². The third-order valence-corrected chi connectivity index (χ3v) is 2.90. The highest BCUT2D eigenvalue weighted by molar-refractivity contribution is 5.21. The summed E-state index contributed by atoms with van der Waals surface area (Å²) in [6.45, 7) is 4.88. The Balaban J connectivity index is 2.21. The Labute approximate surface area is 113 Å². The molecule has 5 heteroatoms. The highest BCUT2D eigenvalue weighted by Crippen LogP contribution is 2.25. The fourth-order valence-electron chi connectivity index (χ4n) is 1.93. The summed E-state index contributed by atoms with van der Waals surface area (Å²) >= 11 is 0. The molecule has 0 amide bonds. The predicted octanol–water partition coefficient (Wildman–Crippen LogP) is 2.48. The minimum atomic E-state index is -0.323. The van der Waals surface area contributed by atoms with Crippen molar-refractivity contribution < 1.29 is 9.15 Å². The van der Waals surface area contributed by atoms with Crippen molar-refractivity contribution in [3.05, 3.63) is 47.7 Å². The monoisotopic (exact) mass is 261 g/mol. The van der Waals surface area contributed by atoms with Crippen molar-refractivity contribution in [1.29, 1.82) is 0 Å². The highest BCUT2D eigenvalue weighted by atomic mass is 16.5. The lowest BCUT2D eigenvalue weighted by Crippen LogP contribution is -2.17. The molecule has 2 rings (SSSR count). The van der Waals surface area contributed by atoms with Crippen molar-refractivity contribution >= 4 is 0 Å². The van der Waals surface area contributed by atoms with Gasteiger partial charge in [-0.05, 0) is 19.0 Å². The lowest BCUT2D eigenvalue weighted by atomic mass is 10.1. The van der Waals surface area contributed by atoms with Crippen LogP contribution in [0.25, 0.3) is 0 Å². The first-order chi connectivity index (χ1) is 9.26. The first kappa shape index (κ1) is 13.7. The van der Waals surface area contributed by atoms with Crippen LogP contribution in [0.5, 0.6) is 0 Å². The molecule has 102 valence electrons. The summed E-state index contributed by atoms with van der Waals surface area (Å²) in [5.74, 6) is 1.06. The number of aromatic nitrogens is 2. The normalized spacial score (nSPS) is 14.3. The lowest BCUT2D eigenvalue weighted by molar-refractivity contribution is 0.109. The van der Waals surface area contributed by atoms with Crippen LogP contribution in [0.3, 0.4) is 0 Å². The summed E-state index contributed by atoms with van der Waals surface area (Å²) < 4.78 is 11.2. The summed E-state index contributed by atoms with van der Waals surface area (Å²) in [6, 6.07) is 9.87. The van der Waals surface area contributed by atoms with Gasteiger partial charge in [0, 0.05) is 7.11 Å². The van der Waals surface area contributed by atoms with Crippen molar-refractivity contribution in [1.82, 2.24) is 15.5 Å². The summed E-state index contributed by atoms with van der Waals surface area (Å²) in [5, 5.41) is 11.4. The zero-order valence-corrected chi connectivity index (χ0v) is 11.5. The van der Waals surface area contributed by atoms with E-state index in [2.05, 4.69) is 15.5 Å². The second-order valence-corrected chi connectivity index (χ2v) is 4.28. The van der Waals surface area contributed by atoms with E-state index in [-0.39, 0.29) is 12.1 Å². The van der Waals surface area contributed by atoms with E-state index in [1.807, 2.05) is 44.2 Å². The molecule has 0 saturated carbocycles. The van der Waals surface area contributed by atoms with Gasteiger partial charge in [0.1, 0.15) is 0 Å². The quantitative estimate of drug-likeness (QED) is 0.865. The van der Waals surface area contributed by atoms with Gasteiger partial charge in [-0.3, -0.25) is 0 Å². The number of nitrogens with zero attached hydrogens (tertiary/aromatic N) is 2. The molecule has 1 aromatic heterocycles. The Hall–Kier alpha value is -1.72. The number of hydrogen-bond donors (Lipinski definition) is 1. The molecule has 2 unspecified atom stereocenters. The number of methoxy groups -OCH3 is 1. The van der Waals surface area contributed by atoms with Gasteiger partial charge in [0.2, 0.25) is 11.8 Å². The predicted molar refractivity (Wildman–Crippen MR) is 71.7 cm³/mol. The average molecular weight is 261 g/mol. The third kappa shape index (κ3) is 3.19. The Morgan fingerprint density at radius 2 is 1.89 bits per heavy atom. The van der Waals surface area contributed by atoms with E-state index in [1.165, 1.54) is 0 Å². The fourth-order valence-corrected chi connectivity index (χ4v) is 1.93. The van der Waals surface area contributed by atoms with Crippen LogP contribution in [0.2, 0.25) is 0 Å². The third-order valence-electron chi connectivity index (χ3n) is 2.90. The van der Waals surface area contributed by atoms with Gasteiger partial charge in [-0.1, -0.05) is 37.3 Å². The number of rotatable bonds is 6. The number of benzene rings is 1. The van der Waals surface area contributed by atoms with Crippen LogP contribution in [0.15, 0.2) is 34.7 Å². The molecule has 2 atom stereocenters. The van der Waals surface area contributed by atoms with E-state index in [9.17, 15) is 0 Å². The molecule has 0 aliphatic heterocycles. The summed E-state index contributed by atoms with van der Waals surface area (Å²) in [4.78, 5) is 0. The molecular formula is C14H19N3O2. The van der Waals surface area contributed by atoms with E-state index < -0.39 is 0 Å². The van der Waals surface area contributed by atoms with E-state index >= 15 is 0 Å². The van der Waals surface area contributed by atoms with Crippen molar-refractivity contribution in [2.75, 3.05) is 13.7 Å². The molecule has 2 aromatic rings. The van der Waals surface area contributed by atoms with Crippen molar-refractivity contribution in [3.63, 3.8) is 0 Å². The SMILES string of the molecule is CCNC(C)c1nnc(C(OC)c2ccccc2)o1. The molecule has 0 aliphatic carbocycles. The van der Waals surface area contributed by atoms with Gasteiger partial charge < -0.3 is 14.5 Å². The summed E-state index contributed by atoms with van der Waals surface area (Å²) in [7, 11) is 1.63. The molecule has 1 aromatic carbocycles. The molecule has 1 heterocycles. The second kappa shape index (κ2) is 6.45. The molecule has 0 saturated heterocycles. The van der Waals surface area contributed by atoms with E-state index in [1.54, 1.807) is 7.11 Å². The first-order valence-corrected chi connectivity index (χ1v) is 6.40. The minimum Gasteiger partial charge on any atom is -0.420 e. The van der Waals surface area contributed by atoms with Crippen LogP contribution in [-0.4, -0.2) is 23.9 Å². The zero-order valence-electron chi connectivity index (χ0n) is 11.5. The van der Waals surface area contributed by atoms with Crippen LogP contribution in [-0.2, 0) is 4.74 Å². The molecule has 0 bridgehead atoms. The molecule has 0 radical (unpaired) electrons. The molecule has 19 heavy (non-hydrogen) atoms. The van der Waals surface area contributed by atoms with E-state index in [0.29, 0.717) is 11.8 Å². The molecule has 5 nitrogen and oxygen atoms in total. The van der Waals surface area contributed by atoms with E-state index in [0.717, 1.165) is 12.1 Å². The fraction of sp³-hybridized carbons (Fsp3) is 0.429. The largest absolute Gasteiger partial charge is 0.420 e. The standard InChI is InChI=1S/C14H19N3O2/c1-4-15-10(2)13-16-17-14(19-13)12(18-3)11-8-6-5-7-9-11/h5-10,12,15H,4H2,1-3H3. The average Bonchev–Trinajstić information content (AvgIpc) is 2.91. The minimum absolute atomic E-state index is 0.0412. The van der Waals surface area contributed by atoms with Gasteiger partial charge in [0.05, 0.1) is 6.04 Å². The smallest absolute Gasteiger partial charge is 0.249 e. The Morgan fingerprint density at radius 3 is 2.53 bits per heavy atom. The maximum absolute atomic E-state index is 5.70. The van der Waals surface area contributed by atoms with Crippen LogP contribution in [0.1, 0.15) is 43.3 Å². The Bertz CT molecular complexity index is 498. The molecule has 0 spiro atoms. The summed E-state index contributed by atoms with van der Waals surface area (Å²) in [6.07, 6.45) is -0.323. The Morgan fingerprint density at radius 1 is 1.21 bits per heavy atom. The van der Waals surface area contributed by atoms with Crippen molar-refractivity contribution in [3.8, 4) is 0 Å². The van der Waals surface area contributed by atoms with Gasteiger partial charge in [-0.25, -0.2) is 0 Å². The van der Waals surface area contributed by atoms with Gasteiger partial charge in [0.25, 0.3) is 0 Å². The number of hydrogen-bond acceptors (Lipinski definition) is 5. The van der Waals surface area contributed by atoms with E-state index in [4.69, 9.17) is 9.15 Å². The zero-order chi connectivity index (χ0) is 13.7. The van der Waals surface area contributed by atoms with Crippen LogP contribution < -0.4 is 5.32 Å². The molecular weight excluding hydrogens is 242 g/mol. The first-order valence-electron chi connectivity index (χ1n) is 6.40. The lowest BCUT2D eigenvalue weighted by Gasteiger charge is -2.11. The van der Waals surface area contributed by atoms with Gasteiger partial charge in [0.15, 0.2) is 6.10 Å². The maximum Gasteiger partial charge on any atom is 0.249 e. The molecule has 1 N–H and O–H groups in total. The van der Waals surface area contributed by atoms with Crippen LogP contribution in [0, 0.1) is 0 Å². The maximum atomic E-state index is 5.70. The molecule has 0 fully saturated rings. The van der Waals surface area contributed by atoms with Crippen molar-refractivity contribution in [2.45, 2.75) is 26.0 Å². The van der Waals surface area contributed by atoms with Gasteiger partial charge in [-0.15, -0.1) is 10.2 Å². The van der Waals surface area contributed by atoms with Gasteiger partial charge >= 0.3 is 0 Å². The summed E-state index contributed by atoms with van der Waals surface area (Å²) in [5.41, 5.74) is 0.997. The Kier molecular flexibility index (Phi) is 4.65. The van der Waals surface area contributed by atoms with Gasteiger partial charge in [-0.2, -0.15) is 0 Å². The second-order valence-electron chi connectivity index (χ2n) is 4.28. The number of ether oxygens (including phenoxy) is 1. The van der Waals surface area contributed by atoms with Crippen molar-refractivity contribution in [2.24, 2.45) is 0 Å². The topological polar surface area (TPSA) is 60.2 Å². The molecule has 0 aliphatic rings. The van der Waals surface area contributed by atoms with Crippen LogP contribution in [0.4, 0.5) is 0 Å².